The maximum absolute atomic E-state index is 14.3. The molecule has 3 rings (SSSR count). The molecule has 1 saturated heterocycles. The van der Waals surface area contributed by atoms with Crippen LogP contribution in [0.2, 0.25) is 0 Å². The zero-order chi connectivity index (χ0) is 42.9. The third-order valence-electron chi connectivity index (χ3n) is 10.1. The molecule has 0 spiro atoms. The highest BCUT2D eigenvalue weighted by molar-refractivity contribution is 5.93. The number of nitrogens with one attached hydrogen (secondary N) is 3. The molecule has 15 nitrogen and oxygen atoms in total. The molecule has 318 valence electrons. The first-order valence-corrected chi connectivity index (χ1v) is 19.9. The summed E-state index contributed by atoms with van der Waals surface area (Å²) in [5.41, 5.74) is 4.11. The second kappa shape index (κ2) is 23.3. The van der Waals surface area contributed by atoms with Crippen LogP contribution in [0.3, 0.4) is 0 Å². The summed E-state index contributed by atoms with van der Waals surface area (Å²) in [6.07, 6.45) is 8.10. The fourth-order valence-corrected chi connectivity index (χ4v) is 6.62. The van der Waals surface area contributed by atoms with Gasteiger partial charge >= 0.3 is 11.9 Å². The van der Waals surface area contributed by atoms with Crippen LogP contribution in [0.4, 0.5) is 0 Å². The molecule has 15 heteroatoms. The number of aromatic hydroxyl groups is 1. The first kappa shape index (κ1) is 47.3. The molecule has 1 aromatic rings. The van der Waals surface area contributed by atoms with Crippen LogP contribution in [0.1, 0.15) is 79.2 Å². The number of allylic oxidation sites excluding steroid dienone is 4. The highest BCUT2D eigenvalue weighted by Gasteiger charge is 2.38. The minimum atomic E-state index is -1.42. The second-order valence-corrected chi connectivity index (χ2v) is 15.2. The minimum absolute atomic E-state index is 0.0301. The van der Waals surface area contributed by atoms with Gasteiger partial charge in [-0.05, 0) is 69.2 Å². The highest BCUT2D eigenvalue weighted by Crippen LogP contribution is 2.24. The number of phenolic OH excluding ortho intramolecular Hbond substituents is 1. The van der Waals surface area contributed by atoms with Crippen molar-refractivity contribution < 1.29 is 53.6 Å². The van der Waals surface area contributed by atoms with Gasteiger partial charge in [0.25, 0.3) is 5.91 Å². The lowest BCUT2D eigenvalue weighted by Gasteiger charge is -2.36. The summed E-state index contributed by atoms with van der Waals surface area (Å²) in [4.78, 5) is 79.8. The fraction of sp³-hybridized carbons (Fsp3) is 0.535. The van der Waals surface area contributed by atoms with Crippen LogP contribution in [0, 0.1) is 17.8 Å². The lowest BCUT2D eigenvalue weighted by atomic mass is 9.84. The topological polar surface area (TPSA) is 221 Å². The van der Waals surface area contributed by atoms with Gasteiger partial charge in [0.2, 0.25) is 11.8 Å². The van der Waals surface area contributed by atoms with Crippen LogP contribution in [-0.2, 0) is 44.7 Å². The Balaban J connectivity index is 2.07. The molecule has 0 radical (unpaired) electrons. The number of aliphatic hydroxyl groups excluding tert-OH is 2. The number of carbonyl (C=O) groups excluding carboxylic acids is 6. The Labute approximate surface area is 340 Å². The van der Waals surface area contributed by atoms with E-state index in [1.165, 1.54) is 42.3 Å². The number of rotatable bonds is 10. The van der Waals surface area contributed by atoms with E-state index in [1.54, 1.807) is 71.1 Å². The number of Topliss-reactive ketones (excluding diaryl/α,β-unsaturated/α-hetero) is 1. The first-order valence-electron chi connectivity index (χ1n) is 19.9. The summed E-state index contributed by atoms with van der Waals surface area (Å²) in [6, 6.07) is 2.89. The van der Waals surface area contributed by atoms with Crippen molar-refractivity contribution >= 4 is 35.4 Å². The van der Waals surface area contributed by atoms with Crippen LogP contribution in [0.15, 0.2) is 72.4 Å². The van der Waals surface area contributed by atoms with Crippen molar-refractivity contribution in [1.82, 2.24) is 21.1 Å². The van der Waals surface area contributed by atoms with E-state index in [1.807, 2.05) is 0 Å². The molecule has 0 aromatic heterocycles. The van der Waals surface area contributed by atoms with Crippen molar-refractivity contribution in [3.05, 3.63) is 77.9 Å². The molecule has 6 N–H and O–H groups in total. The molecule has 2 aliphatic rings. The monoisotopic (exact) mass is 808 g/mol. The van der Waals surface area contributed by atoms with Crippen molar-refractivity contribution in [3.8, 4) is 5.75 Å². The number of benzene rings is 1. The Morgan fingerprint density at radius 2 is 1.81 bits per heavy atom. The quantitative estimate of drug-likeness (QED) is 0.114. The molecule has 3 amide bonds. The number of fused-ring (bicyclic) bond motifs is 2. The van der Waals surface area contributed by atoms with E-state index in [0.29, 0.717) is 24.0 Å². The predicted molar refractivity (Wildman–Crippen MR) is 215 cm³/mol. The van der Waals surface area contributed by atoms with E-state index in [2.05, 4.69) is 16.1 Å². The van der Waals surface area contributed by atoms with Gasteiger partial charge in [-0.15, -0.1) is 0 Å². The van der Waals surface area contributed by atoms with Gasteiger partial charge in [-0.3, -0.25) is 24.2 Å². The Morgan fingerprint density at radius 1 is 1.07 bits per heavy atom. The third kappa shape index (κ3) is 14.7. The summed E-state index contributed by atoms with van der Waals surface area (Å²) < 4.78 is 10.9. The minimum Gasteiger partial charge on any atom is -0.508 e. The van der Waals surface area contributed by atoms with Gasteiger partial charge < -0.3 is 40.2 Å². The zero-order valence-corrected chi connectivity index (χ0v) is 34.3. The normalized spacial score (nSPS) is 27.3. The van der Waals surface area contributed by atoms with Crippen molar-refractivity contribution in [1.29, 1.82) is 0 Å². The molecular formula is C43H60N4O11. The molecule has 0 aliphatic carbocycles. The van der Waals surface area contributed by atoms with E-state index in [-0.39, 0.29) is 50.4 Å². The molecule has 0 saturated carbocycles. The maximum Gasteiger partial charge on any atom is 0.330 e. The molecule has 58 heavy (non-hydrogen) atoms. The number of amides is 3. The van der Waals surface area contributed by atoms with Gasteiger partial charge in [0, 0.05) is 37.8 Å². The Hall–Kier alpha value is -5.12. The van der Waals surface area contributed by atoms with Gasteiger partial charge in [-0.2, -0.15) is 0 Å². The van der Waals surface area contributed by atoms with Crippen molar-refractivity contribution in [2.75, 3.05) is 13.2 Å². The summed E-state index contributed by atoms with van der Waals surface area (Å²) in [7, 11) is 0. The SMILES string of the molecule is CCOC(=O)C=CC=C(C)C1CC=CC=CC(O)C(C)C(O)C(CCC(C)=O)C(=O)NC(C(C)C)C(=O)NC(Cc2cccc(O)c2)C(=O)N2CCCC(N2)C(=O)O1. The molecule has 2 aliphatic heterocycles. The summed E-state index contributed by atoms with van der Waals surface area (Å²) in [5, 5.41) is 39.4. The highest BCUT2D eigenvalue weighted by atomic mass is 16.5. The number of ether oxygens (including phenoxy) is 2. The van der Waals surface area contributed by atoms with Crippen molar-refractivity contribution in [2.45, 2.75) is 117 Å². The number of hydrazine groups is 1. The van der Waals surface area contributed by atoms with Gasteiger partial charge in [-0.1, -0.05) is 69.4 Å². The number of phenols is 1. The molecule has 1 aromatic carbocycles. The number of ketones is 1. The fourth-order valence-electron chi connectivity index (χ4n) is 6.62. The van der Waals surface area contributed by atoms with Crippen LogP contribution >= 0.6 is 0 Å². The summed E-state index contributed by atoms with van der Waals surface area (Å²) in [5.74, 6) is -5.94. The summed E-state index contributed by atoms with van der Waals surface area (Å²) in [6.45, 7) is 10.2. The average molecular weight is 809 g/mol. The number of cyclic esters (lactones) is 1. The van der Waals surface area contributed by atoms with Crippen molar-refractivity contribution in [2.24, 2.45) is 17.8 Å². The van der Waals surface area contributed by atoms with E-state index >= 15 is 0 Å². The lowest BCUT2D eigenvalue weighted by Crippen LogP contribution is -2.62. The Bertz CT molecular complexity index is 1720. The van der Waals surface area contributed by atoms with Gasteiger partial charge in [0.1, 0.15) is 35.8 Å². The zero-order valence-electron chi connectivity index (χ0n) is 34.3. The summed E-state index contributed by atoms with van der Waals surface area (Å²) >= 11 is 0. The number of aliphatic hydroxyl groups is 2. The maximum atomic E-state index is 14.3. The Kier molecular flexibility index (Phi) is 19.0. The van der Waals surface area contributed by atoms with E-state index in [9.17, 15) is 44.1 Å². The molecular weight excluding hydrogens is 748 g/mol. The lowest BCUT2D eigenvalue weighted by molar-refractivity contribution is -0.156. The number of esters is 2. The number of carbonyl (C=O) groups is 6. The van der Waals surface area contributed by atoms with E-state index < -0.39 is 83.9 Å². The van der Waals surface area contributed by atoms with Crippen LogP contribution in [0.5, 0.6) is 5.75 Å². The Morgan fingerprint density at radius 3 is 2.48 bits per heavy atom. The molecule has 8 unspecified atom stereocenters. The molecule has 2 bridgehead atoms. The van der Waals surface area contributed by atoms with Crippen LogP contribution in [-0.4, -0.2) is 105 Å². The molecule has 2 heterocycles. The van der Waals surface area contributed by atoms with Crippen LogP contribution in [0.25, 0.3) is 0 Å². The standard InChI is InChI=1S/C43H60N4O11/c1-7-57-37(51)20-11-14-27(4)36-19-10-8-9-18-35(50)29(6)39(52)32(22-21-28(5)48)40(53)45-38(26(2)3)41(54)44-34(25-30-15-12-16-31(49)24-30)42(55)47-23-13-17-33(46-47)43(56)58-36/h8-12,14-16,18,20,24,26,29,32-36,38-39,46,49-50,52H,7,13,17,19,21-23,25H2,1-6H3,(H,44,54)(H,45,53). The van der Waals surface area contributed by atoms with Gasteiger partial charge in [0.05, 0.1) is 24.7 Å². The first-order chi connectivity index (χ1) is 27.5. The number of hydrogen-bond donors (Lipinski definition) is 6. The molecule has 8 atom stereocenters. The van der Waals surface area contributed by atoms with Gasteiger partial charge in [-0.25, -0.2) is 10.2 Å². The van der Waals surface area contributed by atoms with E-state index in [4.69, 9.17) is 9.47 Å². The third-order valence-corrected chi connectivity index (χ3v) is 10.1. The predicted octanol–water partition coefficient (Wildman–Crippen LogP) is 2.89. The largest absolute Gasteiger partial charge is 0.508 e. The molecule has 1 fully saturated rings. The number of hydrogen-bond acceptors (Lipinski definition) is 12. The number of nitrogens with zero attached hydrogens (tertiary/aromatic N) is 1. The van der Waals surface area contributed by atoms with E-state index in [0.717, 1.165) is 0 Å². The van der Waals surface area contributed by atoms with Crippen LogP contribution < -0.4 is 16.1 Å². The van der Waals surface area contributed by atoms with Gasteiger partial charge in [0.15, 0.2) is 0 Å². The second-order valence-electron chi connectivity index (χ2n) is 15.2. The smallest absolute Gasteiger partial charge is 0.330 e. The average Bonchev–Trinajstić information content (AvgIpc) is 3.17. The van der Waals surface area contributed by atoms with Crippen molar-refractivity contribution in [3.63, 3.8) is 0 Å².